The van der Waals surface area contributed by atoms with Crippen molar-refractivity contribution in [1.82, 2.24) is 10.1 Å². The summed E-state index contributed by atoms with van der Waals surface area (Å²) in [5.41, 5.74) is 0.0978. The predicted octanol–water partition coefficient (Wildman–Crippen LogP) is 0.696. The fraction of sp³-hybridized carbons (Fsp3) is 0.300. The Bertz CT molecular complexity index is 411. The summed E-state index contributed by atoms with van der Waals surface area (Å²) in [5.74, 6) is -1.08. The summed E-state index contributed by atoms with van der Waals surface area (Å²) in [5, 5.41) is 12.2. The number of carboxylic acids is 1. The van der Waals surface area contributed by atoms with Crippen LogP contribution >= 0.6 is 0 Å². The Morgan fingerprint density at radius 1 is 1.69 bits per heavy atom. The first kappa shape index (κ1) is 12.0. The highest BCUT2D eigenvalue weighted by Crippen LogP contribution is 2.05. The second-order valence-corrected chi connectivity index (χ2v) is 3.19. The Morgan fingerprint density at radius 3 is 2.81 bits per heavy atom. The number of aryl methyl sites for hydroxylation is 1. The van der Waals surface area contributed by atoms with Gasteiger partial charge in [-0.1, -0.05) is 11.2 Å². The van der Waals surface area contributed by atoms with Gasteiger partial charge in [0.2, 0.25) is 0 Å². The summed E-state index contributed by atoms with van der Waals surface area (Å²) in [4.78, 5) is 23.4. The highest BCUT2D eigenvalue weighted by atomic mass is 16.5. The lowest BCUT2D eigenvalue weighted by molar-refractivity contribution is -0.137. The van der Waals surface area contributed by atoms with Crippen molar-refractivity contribution in [3.8, 4) is 0 Å². The average Bonchev–Trinajstić information content (AvgIpc) is 2.62. The monoisotopic (exact) mass is 224 g/mol. The van der Waals surface area contributed by atoms with Crippen LogP contribution in [-0.4, -0.2) is 40.1 Å². The number of hydrogen-bond acceptors (Lipinski definition) is 4. The van der Waals surface area contributed by atoms with Crippen LogP contribution in [0.3, 0.4) is 0 Å². The van der Waals surface area contributed by atoms with E-state index in [0.717, 1.165) is 4.90 Å². The van der Waals surface area contributed by atoms with Gasteiger partial charge in [-0.2, -0.15) is 0 Å². The van der Waals surface area contributed by atoms with Gasteiger partial charge in [-0.15, -0.1) is 6.58 Å². The highest BCUT2D eigenvalue weighted by molar-refractivity contribution is 5.94. The molecule has 0 saturated carbocycles. The number of hydrogen-bond donors (Lipinski definition) is 1. The van der Waals surface area contributed by atoms with Crippen molar-refractivity contribution in [2.45, 2.75) is 6.92 Å². The Hall–Kier alpha value is -2.11. The van der Waals surface area contributed by atoms with E-state index >= 15 is 0 Å². The van der Waals surface area contributed by atoms with E-state index in [1.165, 1.54) is 12.1 Å². The molecular formula is C10H12N2O4. The maximum Gasteiger partial charge on any atom is 0.323 e. The van der Waals surface area contributed by atoms with E-state index in [-0.39, 0.29) is 12.2 Å². The quantitative estimate of drug-likeness (QED) is 0.744. The molecule has 0 fully saturated rings. The van der Waals surface area contributed by atoms with Crippen LogP contribution in [0.15, 0.2) is 23.2 Å². The minimum atomic E-state index is -1.09. The number of nitrogens with zero attached hydrogens (tertiary/aromatic N) is 2. The predicted molar refractivity (Wildman–Crippen MR) is 55.0 cm³/mol. The average molecular weight is 224 g/mol. The lowest BCUT2D eigenvalue weighted by Crippen LogP contribution is -2.35. The molecule has 0 aliphatic rings. The number of carboxylic acid groups (broad SMARTS) is 1. The number of carbonyl (C=O) groups excluding carboxylic acids is 1. The van der Waals surface area contributed by atoms with Crippen molar-refractivity contribution in [3.05, 3.63) is 30.2 Å². The van der Waals surface area contributed by atoms with E-state index in [2.05, 4.69) is 11.7 Å². The van der Waals surface area contributed by atoms with Crippen LogP contribution < -0.4 is 0 Å². The fourth-order valence-corrected chi connectivity index (χ4v) is 1.17. The van der Waals surface area contributed by atoms with Crippen LogP contribution in [0.25, 0.3) is 0 Å². The third-order valence-electron chi connectivity index (χ3n) is 1.81. The molecular weight excluding hydrogens is 212 g/mol. The third kappa shape index (κ3) is 2.94. The summed E-state index contributed by atoms with van der Waals surface area (Å²) >= 11 is 0. The summed E-state index contributed by atoms with van der Waals surface area (Å²) in [6.45, 7) is 4.87. The van der Waals surface area contributed by atoms with Gasteiger partial charge in [-0.25, -0.2) is 0 Å². The van der Waals surface area contributed by atoms with Crippen LogP contribution in [0.5, 0.6) is 0 Å². The molecule has 0 saturated heterocycles. The van der Waals surface area contributed by atoms with E-state index < -0.39 is 18.4 Å². The van der Waals surface area contributed by atoms with Crippen molar-refractivity contribution in [1.29, 1.82) is 0 Å². The van der Waals surface area contributed by atoms with E-state index in [9.17, 15) is 9.59 Å². The topological polar surface area (TPSA) is 83.6 Å². The minimum Gasteiger partial charge on any atom is -0.480 e. The third-order valence-corrected chi connectivity index (χ3v) is 1.81. The first-order chi connectivity index (χ1) is 7.54. The molecule has 1 amide bonds. The first-order valence-corrected chi connectivity index (χ1v) is 4.60. The van der Waals surface area contributed by atoms with Crippen molar-refractivity contribution in [2.24, 2.45) is 0 Å². The molecule has 86 valence electrons. The fourth-order valence-electron chi connectivity index (χ4n) is 1.17. The molecule has 0 aromatic carbocycles. The van der Waals surface area contributed by atoms with Gasteiger partial charge in [0.05, 0.1) is 0 Å². The zero-order valence-electron chi connectivity index (χ0n) is 8.84. The van der Waals surface area contributed by atoms with Gasteiger partial charge >= 0.3 is 5.97 Å². The van der Waals surface area contributed by atoms with E-state index in [0.29, 0.717) is 5.76 Å². The normalized spacial score (nSPS) is 9.81. The lowest BCUT2D eigenvalue weighted by Gasteiger charge is -2.16. The lowest BCUT2D eigenvalue weighted by atomic mass is 10.3. The summed E-state index contributed by atoms with van der Waals surface area (Å²) in [6.07, 6.45) is 1.45. The van der Waals surface area contributed by atoms with Gasteiger partial charge in [0.15, 0.2) is 5.69 Å². The summed E-state index contributed by atoms with van der Waals surface area (Å²) < 4.78 is 4.75. The van der Waals surface area contributed by atoms with Gasteiger partial charge in [0.1, 0.15) is 12.3 Å². The SMILES string of the molecule is C=CCN(CC(=O)O)C(=O)c1cc(C)on1. The molecule has 0 unspecified atom stereocenters. The van der Waals surface area contributed by atoms with E-state index in [1.807, 2.05) is 0 Å². The zero-order chi connectivity index (χ0) is 12.1. The van der Waals surface area contributed by atoms with Crippen molar-refractivity contribution < 1.29 is 19.2 Å². The zero-order valence-corrected chi connectivity index (χ0v) is 8.84. The van der Waals surface area contributed by atoms with E-state index in [1.54, 1.807) is 6.92 Å². The first-order valence-electron chi connectivity index (χ1n) is 4.60. The summed E-state index contributed by atoms with van der Waals surface area (Å²) in [6, 6.07) is 1.46. The minimum absolute atomic E-state index is 0.0978. The smallest absolute Gasteiger partial charge is 0.323 e. The van der Waals surface area contributed by atoms with E-state index in [4.69, 9.17) is 9.63 Å². The largest absolute Gasteiger partial charge is 0.480 e. The van der Waals surface area contributed by atoms with Gasteiger partial charge in [-0.05, 0) is 6.92 Å². The molecule has 6 heteroatoms. The number of amides is 1. The Morgan fingerprint density at radius 2 is 2.38 bits per heavy atom. The molecule has 0 spiro atoms. The molecule has 0 bridgehead atoms. The molecule has 16 heavy (non-hydrogen) atoms. The van der Waals surface area contributed by atoms with Crippen LogP contribution in [-0.2, 0) is 4.79 Å². The standard InChI is InChI=1S/C10H12N2O4/c1-3-4-12(6-9(13)14)10(15)8-5-7(2)16-11-8/h3,5H,1,4,6H2,2H3,(H,13,14). The second-order valence-electron chi connectivity index (χ2n) is 3.19. The number of aliphatic carboxylic acids is 1. The van der Waals surface area contributed by atoms with Crippen LogP contribution in [0.2, 0.25) is 0 Å². The maximum atomic E-state index is 11.8. The van der Waals surface area contributed by atoms with Crippen molar-refractivity contribution >= 4 is 11.9 Å². The highest BCUT2D eigenvalue weighted by Gasteiger charge is 2.20. The van der Waals surface area contributed by atoms with Crippen LogP contribution in [0.4, 0.5) is 0 Å². The molecule has 0 radical (unpaired) electrons. The summed E-state index contributed by atoms with van der Waals surface area (Å²) in [7, 11) is 0. The Kier molecular flexibility index (Phi) is 3.82. The molecule has 6 nitrogen and oxygen atoms in total. The molecule has 1 aromatic rings. The molecule has 0 aliphatic heterocycles. The molecule has 1 N–H and O–H groups in total. The Labute approximate surface area is 92.1 Å². The molecule has 0 aliphatic carbocycles. The van der Waals surface area contributed by atoms with Crippen molar-refractivity contribution in [3.63, 3.8) is 0 Å². The van der Waals surface area contributed by atoms with Crippen LogP contribution in [0, 0.1) is 6.92 Å². The van der Waals surface area contributed by atoms with Crippen LogP contribution in [0.1, 0.15) is 16.2 Å². The number of carbonyl (C=O) groups is 2. The van der Waals surface area contributed by atoms with Gasteiger partial charge in [0.25, 0.3) is 5.91 Å². The second kappa shape index (κ2) is 5.11. The maximum absolute atomic E-state index is 11.8. The van der Waals surface area contributed by atoms with Gasteiger partial charge in [0, 0.05) is 12.6 Å². The molecule has 1 aromatic heterocycles. The van der Waals surface area contributed by atoms with Gasteiger partial charge < -0.3 is 14.5 Å². The number of rotatable bonds is 5. The molecule has 1 heterocycles. The Balaban J connectivity index is 2.81. The van der Waals surface area contributed by atoms with Gasteiger partial charge in [-0.3, -0.25) is 9.59 Å². The van der Waals surface area contributed by atoms with Crippen molar-refractivity contribution in [2.75, 3.05) is 13.1 Å². The number of aromatic nitrogens is 1. The molecule has 1 rings (SSSR count). The molecule has 0 atom stereocenters.